The minimum absolute atomic E-state index is 0.309. The molecule has 0 saturated carbocycles. The Morgan fingerprint density at radius 2 is 1.83 bits per heavy atom. The van der Waals surface area contributed by atoms with Gasteiger partial charge in [-0.3, -0.25) is 0 Å². The van der Waals surface area contributed by atoms with Gasteiger partial charge in [0.1, 0.15) is 0 Å². The van der Waals surface area contributed by atoms with Crippen LogP contribution in [0.1, 0.15) is 11.6 Å². The summed E-state index contributed by atoms with van der Waals surface area (Å²) in [7, 11) is 0. The first-order valence-corrected chi connectivity index (χ1v) is 3.85. The van der Waals surface area contributed by atoms with Gasteiger partial charge in [-0.25, -0.2) is 0 Å². The monoisotopic (exact) mass is 167 g/mol. The van der Waals surface area contributed by atoms with Crippen LogP contribution in [0.5, 0.6) is 0 Å². The third-order valence-corrected chi connectivity index (χ3v) is 1.79. The highest BCUT2D eigenvalue weighted by Gasteiger charge is 2.14. The number of benzene rings is 1. The van der Waals surface area contributed by atoms with E-state index in [0.717, 1.165) is 5.56 Å². The molecule has 0 unspecified atom stereocenters. The lowest BCUT2D eigenvalue weighted by Crippen LogP contribution is -2.28. The van der Waals surface area contributed by atoms with Crippen LogP contribution in [0.3, 0.4) is 0 Å². The summed E-state index contributed by atoms with van der Waals surface area (Å²) >= 11 is 0. The van der Waals surface area contributed by atoms with E-state index in [9.17, 15) is 5.11 Å². The molecule has 0 aliphatic heterocycles. The van der Waals surface area contributed by atoms with E-state index < -0.39 is 12.1 Å². The van der Waals surface area contributed by atoms with Gasteiger partial charge in [0.05, 0.1) is 18.8 Å². The van der Waals surface area contributed by atoms with Gasteiger partial charge in [0, 0.05) is 0 Å². The summed E-state index contributed by atoms with van der Waals surface area (Å²) in [6.45, 7) is -0.309. The first-order chi connectivity index (χ1) is 5.75. The van der Waals surface area contributed by atoms with E-state index in [1.807, 2.05) is 30.3 Å². The largest absolute Gasteiger partial charge is 0.394 e. The Bertz CT molecular complexity index is 225. The summed E-state index contributed by atoms with van der Waals surface area (Å²) in [5, 5.41) is 17.8. The second-order valence-corrected chi connectivity index (χ2v) is 2.69. The average molecular weight is 167 g/mol. The Labute approximate surface area is 71.5 Å². The van der Waals surface area contributed by atoms with Crippen molar-refractivity contribution in [3.05, 3.63) is 35.9 Å². The Morgan fingerprint density at radius 3 is 2.33 bits per heavy atom. The fourth-order valence-electron chi connectivity index (χ4n) is 1.01. The molecule has 0 bridgehead atoms. The van der Waals surface area contributed by atoms with Gasteiger partial charge in [-0.05, 0) is 5.56 Å². The lowest BCUT2D eigenvalue weighted by molar-refractivity contribution is 0.0741. The molecule has 0 aromatic heterocycles. The molecule has 12 heavy (non-hydrogen) atoms. The van der Waals surface area contributed by atoms with Crippen molar-refractivity contribution < 1.29 is 10.2 Å². The molecule has 0 radical (unpaired) electrons. The lowest BCUT2D eigenvalue weighted by Gasteiger charge is -2.16. The summed E-state index contributed by atoms with van der Waals surface area (Å²) < 4.78 is 0. The van der Waals surface area contributed by atoms with Crippen LogP contribution in [-0.4, -0.2) is 22.9 Å². The Balaban J connectivity index is 2.71. The zero-order chi connectivity index (χ0) is 8.97. The smallest absolute Gasteiger partial charge is 0.0962 e. The van der Waals surface area contributed by atoms with Crippen molar-refractivity contribution in [2.24, 2.45) is 5.73 Å². The number of aliphatic hydroxyl groups is 2. The van der Waals surface area contributed by atoms with Gasteiger partial charge in [0.15, 0.2) is 0 Å². The molecular formula is C9H13NO2. The molecule has 3 nitrogen and oxygen atoms in total. The first-order valence-electron chi connectivity index (χ1n) is 3.85. The standard InChI is InChI=1S/C9H13NO2/c10-9(8(12)6-11)7-4-2-1-3-5-7/h1-5,8-9,11-12H,6,10H2/t8-,9-/m1/s1. The number of hydrogen-bond acceptors (Lipinski definition) is 3. The molecule has 0 spiro atoms. The normalized spacial score (nSPS) is 15.6. The van der Waals surface area contributed by atoms with Crippen molar-refractivity contribution in [3.63, 3.8) is 0 Å². The van der Waals surface area contributed by atoms with Gasteiger partial charge in [-0.2, -0.15) is 0 Å². The summed E-state index contributed by atoms with van der Waals surface area (Å²) in [4.78, 5) is 0. The van der Waals surface area contributed by atoms with E-state index in [1.165, 1.54) is 0 Å². The quantitative estimate of drug-likeness (QED) is 0.595. The summed E-state index contributed by atoms with van der Waals surface area (Å²) in [6, 6.07) is 8.71. The van der Waals surface area contributed by atoms with Crippen LogP contribution >= 0.6 is 0 Å². The van der Waals surface area contributed by atoms with Gasteiger partial charge in [0.25, 0.3) is 0 Å². The second kappa shape index (κ2) is 4.21. The number of aliphatic hydroxyl groups excluding tert-OH is 2. The fraction of sp³-hybridized carbons (Fsp3) is 0.333. The number of rotatable bonds is 3. The van der Waals surface area contributed by atoms with Gasteiger partial charge in [-0.15, -0.1) is 0 Å². The van der Waals surface area contributed by atoms with Crippen molar-refractivity contribution >= 4 is 0 Å². The van der Waals surface area contributed by atoms with Crippen molar-refractivity contribution in [1.29, 1.82) is 0 Å². The van der Waals surface area contributed by atoms with E-state index in [0.29, 0.717) is 0 Å². The molecule has 0 amide bonds. The van der Waals surface area contributed by atoms with Crippen molar-refractivity contribution in [2.45, 2.75) is 12.1 Å². The summed E-state index contributed by atoms with van der Waals surface area (Å²) in [5.41, 5.74) is 6.47. The molecular weight excluding hydrogens is 154 g/mol. The van der Waals surface area contributed by atoms with Gasteiger partial charge >= 0.3 is 0 Å². The molecule has 1 rings (SSSR count). The van der Waals surface area contributed by atoms with Crippen LogP contribution in [0.2, 0.25) is 0 Å². The second-order valence-electron chi connectivity index (χ2n) is 2.69. The molecule has 0 saturated heterocycles. The van der Waals surface area contributed by atoms with E-state index in [1.54, 1.807) is 0 Å². The van der Waals surface area contributed by atoms with E-state index in [2.05, 4.69) is 0 Å². The minimum Gasteiger partial charge on any atom is -0.394 e. The zero-order valence-electron chi connectivity index (χ0n) is 6.72. The van der Waals surface area contributed by atoms with Crippen LogP contribution in [0, 0.1) is 0 Å². The molecule has 2 atom stereocenters. The first kappa shape index (κ1) is 9.19. The Morgan fingerprint density at radius 1 is 1.25 bits per heavy atom. The molecule has 4 N–H and O–H groups in total. The highest BCUT2D eigenvalue weighted by molar-refractivity contribution is 5.19. The molecule has 1 aromatic rings. The van der Waals surface area contributed by atoms with Gasteiger partial charge < -0.3 is 15.9 Å². The topological polar surface area (TPSA) is 66.5 Å². The van der Waals surface area contributed by atoms with Gasteiger partial charge in [-0.1, -0.05) is 30.3 Å². The van der Waals surface area contributed by atoms with Crippen LogP contribution in [-0.2, 0) is 0 Å². The molecule has 66 valence electrons. The van der Waals surface area contributed by atoms with Crippen molar-refractivity contribution in [2.75, 3.05) is 6.61 Å². The van der Waals surface area contributed by atoms with E-state index >= 15 is 0 Å². The van der Waals surface area contributed by atoms with E-state index in [-0.39, 0.29) is 6.61 Å². The Hall–Kier alpha value is -0.900. The molecule has 0 aliphatic rings. The van der Waals surface area contributed by atoms with Crippen molar-refractivity contribution in [1.82, 2.24) is 0 Å². The maximum Gasteiger partial charge on any atom is 0.0962 e. The average Bonchev–Trinajstić information content (AvgIpc) is 2.17. The van der Waals surface area contributed by atoms with Gasteiger partial charge in [0.2, 0.25) is 0 Å². The zero-order valence-corrected chi connectivity index (χ0v) is 6.72. The maximum absolute atomic E-state index is 9.20. The summed E-state index contributed by atoms with van der Waals surface area (Å²) in [5.74, 6) is 0. The third kappa shape index (κ3) is 2.04. The lowest BCUT2D eigenvalue weighted by atomic mass is 10.0. The third-order valence-electron chi connectivity index (χ3n) is 1.79. The minimum atomic E-state index is -0.882. The van der Waals surface area contributed by atoms with Crippen LogP contribution < -0.4 is 5.73 Å². The fourth-order valence-corrected chi connectivity index (χ4v) is 1.01. The SMILES string of the molecule is N[C@H](c1ccccc1)[C@H](O)CO. The van der Waals surface area contributed by atoms with Crippen molar-refractivity contribution in [3.8, 4) is 0 Å². The molecule has 0 heterocycles. The number of nitrogens with two attached hydrogens (primary N) is 1. The Kier molecular flexibility index (Phi) is 3.22. The molecule has 3 heteroatoms. The van der Waals surface area contributed by atoms with Crippen LogP contribution in [0.15, 0.2) is 30.3 Å². The maximum atomic E-state index is 9.20. The summed E-state index contributed by atoms with van der Waals surface area (Å²) in [6.07, 6.45) is -0.882. The predicted octanol–water partition coefficient (Wildman–Crippen LogP) is 0.0396. The molecule has 0 aliphatic carbocycles. The highest BCUT2D eigenvalue weighted by Crippen LogP contribution is 2.12. The van der Waals surface area contributed by atoms with E-state index in [4.69, 9.17) is 10.8 Å². The highest BCUT2D eigenvalue weighted by atomic mass is 16.3. The number of hydrogen-bond donors (Lipinski definition) is 3. The predicted molar refractivity (Wildman–Crippen MR) is 46.5 cm³/mol. The molecule has 0 fully saturated rings. The molecule has 1 aromatic carbocycles. The van der Waals surface area contributed by atoms with Crippen LogP contribution in [0.4, 0.5) is 0 Å². The van der Waals surface area contributed by atoms with Crippen LogP contribution in [0.25, 0.3) is 0 Å².